The third kappa shape index (κ3) is 3.78. The van der Waals surface area contributed by atoms with Crippen LogP contribution in [0.5, 0.6) is 0 Å². The summed E-state index contributed by atoms with van der Waals surface area (Å²) in [6.07, 6.45) is 0. The molecule has 0 aliphatic rings. The van der Waals surface area contributed by atoms with Crippen molar-refractivity contribution in [3.8, 4) is 11.4 Å². The zero-order valence-corrected chi connectivity index (χ0v) is 16.6. The molecule has 0 atom stereocenters. The molecule has 1 aromatic heterocycles. The first-order valence-corrected chi connectivity index (χ1v) is 9.51. The molecule has 0 spiro atoms. The smallest absolute Gasteiger partial charge is 0.164 e. The molecule has 4 nitrogen and oxygen atoms in total. The van der Waals surface area contributed by atoms with E-state index in [1.807, 2.05) is 73.6 Å². The molecule has 0 aliphatic carbocycles. The molecular formula is C23H21ClN4. The maximum Gasteiger partial charge on any atom is 0.164 e. The van der Waals surface area contributed by atoms with E-state index in [-0.39, 0.29) is 0 Å². The lowest BCUT2D eigenvalue weighted by molar-refractivity contribution is 1.06. The first kappa shape index (κ1) is 18.3. The van der Waals surface area contributed by atoms with Crippen molar-refractivity contribution < 1.29 is 0 Å². The van der Waals surface area contributed by atoms with E-state index in [9.17, 15) is 0 Å². The van der Waals surface area contributed by atoms with Crippen molar-refractivity contribution in [1.29, 1.82) is 0 Å². The Kier molecular flexibility index (Phi) is 5.13. The molecule has 1 N–H and O–H groups in total. The van der Waals surface area contributed by atoms with Crippen LogP contribution in [0.15, 0.2) is 72.8 Å². The predicted molar refractivity (Wildman–Crippen MR) is 118 cm³/mol. The molecule has 28 heavy (non-hydrogen) atoms. The van der Waals surface area contributed by atoms with E-state index < -0.39 is 0 Å². The van der Waals surface area contributed by atoms with Gasteiger partial charge in [0, 0.05) is 42.3 Å². The van der Waals surface area contributed by atoms with Crippen LogP contribution < -0.4 is 10.2 Å². The molecule has 0 unspecified atom stereocenters. The number of rotatable bonds is 5. The van der Waals surface area contributed by atoms with Crippen LogP contribution >= 0.6 is 11.6 Å². The van der Waals surface area contributed by atoms with Gasteiger partial charge in [-0.15, -0.1) is 0 Å². The maximum absolute atomic E-state index is 6.19. The summed E-state index contributed by atoms with van der Waals surface area (Å²) in [5, 5.41) is 5.14. The van der Waals surface area contributed by atoms with Crippen molar-refractivity contribution in [2.75, 3.05) is 24.3 Å². The quantitative estimate of drug-likeness (QED) is 0.481. The summed E-state index contributed by atoms with van der Waals surface area (Å²) in [7, 11) is 3.96. The number of nitrogens with zero attached hydrogens (tertiary/aromatic N) is 3. The van der Waals surface area contributed by atoms with Crippen LogP contribution in [0.1, 0.15) is 5.56 Å². The first-order valence-electron chi connectivity index (χ1n) is 9.13. The zero-order valence-electron chi connectivity index (χ0n) is 15.9. The molecule has 0 saturated heterocycles. The Bertz CT molecular complexity index is 1110. The van der Waals surface area contributed by atoms with Gasteiger partial charge in [-0.2, -0.15) is 0 Å². The standard InChI is InChI=1S/C23H21ClN4/c1-28(2)23-19-14-17(24)12-13-21(19)26-22(27-23)18-10-6-7-11-20(18)25-15-16-8-4-3-5-9-16/h3-14,25H,15H2,1-2H3. The number of halogens is 1. The Morgan fingerprint density at radius 1 is 0.893 bits per heavy atom. The van der Waals surface area contributed by atoms with Gasteiger partial charge in [0.05, 0.1) is 5.52 Å². The highest BCUT2D eigenvalue weighted by atomic mass is 35.5. The molecule has 3 aromatic carbocycles. The maximum atomic E-state index is 6.19. The third-order valence-electron chi connectivity index (χ3n) is 4.56. The van der Waals surface area contributed by atoms with Crippen LogP contribution in [0.25, 0.3) is 22.3 Å². The van der Waals surface area contributed by atoms with Gasteiger partial charge in [-0.1, -0.05) is 54.1 Å². The van der Waals surface area contributed by atoms with Gasteiger partial charge in [-0.05, 0) is 35.9 Å². The van der Waals surface area contributed by atoms with Crippen LogP contribution in [0.2, 0.25) is 5.02 Å². The average molecular weight is 389 g/mol. The van der Waals surface area contributed by atoms with Crippen molar-refractivity contribution in [2.45, 2.75) is 6.54 Å². The van der Waals surface area contributed by atoms with Crippen molar-refractivity contribution in [3.05, 3.63) is 83.4 Å². The summed E-state index contributed by atoms with van der Waals surface area (Å²) in [5.41, 5.74) is 4.07. The van der Waals surface area contributed by atoms with E-state index >= 15 is 0 Å². The summed E-state index contributed by atoms with van der Waals surface area (Å²) >= 11 is 6.19. The molecule has 140 valence electrons. The second kappa shape index (κ2) is 7.87. The van der Waals surface area contributed by atoms with Gasteiger partial charge in [-0.25, -0.2) is 9.97 Å². The Hall–Kier alpha value is -3.11. The lowest BCUT2D eigenvalue weighted by Gasteiger charge is -2.17. The largest absolute Gasteiger partial charge is 0.380 e. The van der Waals surface area contributed by atoms with E-state index in [2.05, 4.69) is 23.5 Å². The van der Waals surface area contributed by atoms with E-state index in [1.54, 1.807) is 0 Å². The number of hydrogen-bond donors (Lipinski definition) is 1. The molecule has 0 amide bonds. The second-order valence-corrected chi connectivity index (χ2v) is 7.25. The Morgan fingerprint density at radius 3 is 2.43 bits per heavy atom. The monoisotopic (exact) mass is 388 g/mol. The lowest BCUT2D eigenvalue weighted by Crippen LogP contribution is -2.12. The van der Waals surface area contributed by atoms with Gasteiger partial charge < -0.3 is 10.2 Å². The third-order valence-corrected chi connectivity index (χ3v) is 4.79. The second-order valence-electron chi connectivity index (χ2n) is 6.81. The number of fused-ring (bicyclic) bond motifs is 1. The zero-order chi connectivity index (χ0) is 19.5. The molecule has 5 heteroatoms. The first-order chi connectivity index (χ1) is 13.6. The molecule has 0 bridgehead atoms. The van der Waals surface area contributed by atoms with Gasteiger partial charge in [0.1, 0.15) is 5.82 Å². The van der Waals surface area contributed by atoms with Gasteiger partial charge in [0.2, 0.25) is 0 Å². The van der Waals surface area contributed by atoms with E-state index in [0.717, 1.165) is 34.5 Å². The van der Waals surface area contributed by atoms with Gasteiger partial charge >= 0.3 is 0 Å². The molecule has 0 saturated carbocycles. The summed E-state index contributed by atoms with van der Waals surface area (Å²) in [6.45, 7) is 0.738. The predicted octanol–water partition coefficient (Wildman–Crippen LogP) is 5.63. The topological polar surface area (TPSA) is 41.1 Å². The molecule has 0 aliphatic heterocycles. The number of benzene rings is 3. The van der Waals surface area contributed by atoms with Gasteiger partial charge in [-0.3, -0.25) is 0 Å². The van der Waals surface area contributed by atoms with Crippen LogP contribution in [0, 0.1) is 0 Å². The number of para-hydroxylation sites is 1. The minimum Gasteiger partial charge on any atom is -0.380 e. The molecular weight excluding hydrogens is 368 g/mol. The fourth-order valence-electron chi connectivity index (χ4n) is 3.17. The lowest BCUT2D eigenvalue weighted by atomic mass is 10.1. The number of aromatic nitrogens is 2. The van der Waals surface area contributed by atoms with Crippen LogP contribution in [0.4, 0.5) is 11.5 Å². The SMILES string of the molecule is CN(C)c1nc(-c2ccccc2NCc2ccccc2)nc2ccc(Cl)cc12. The van der Waals surface area contributed by atoms with E-state index in [4.69, 9.17) is 21.6 Å². The van der Waals surface area contributed by atoms with Crippen LogP contribution in [0.3, 0.4) is 0 Å². The number of hydrogen-bond acceptors (Lipinski definition) is 4. The Labute approximate surface area is 169 Å². The molecule has 1 heterocycles. The molecule has 4 aromatic rings. The number of anilines is 2. The summed E-state index contributed by atoms with van der Waals surface area (Å²) in [4.78, 5) is 11.6. The minimum atomic E-state index is 0.678. The van der Waals surface area contributed by atoms with Crippen molar-refractivity contribution in [2.24, 2.45) is 0 Å². The van der Waals surface area contributed by atoms with Crippen molar-refractivity contribution in [3.63, 3.8) is 0 Å². The molecule has 0 fully saturated rings. The summed E-state index contributed by atoms with van der Waals surface area (Å²) in [6, 6.07) is 24.2. The highest BCUT2D eigenvalue weighted by molar-refractivity contribution is 6.31. The van der Waals surface area contributed by atoms with Crippen molar-refractivity contribution >= 4 is 34.0 Å². The Morgan fingerprint density at radius 2 is 1.64 bits per heavy atom. The minimum absolute atomic E-state index is 0.678. The highest BCUT2D eigenvalue weighted by Gasteiger charge is 2.14. The highest BCUT2D eigenvalue weighted by Crippen LogP contribution is 2.31. The molecule has 0 radical (unpaired) electrons. The van der Waals surface area contributed by atoms with E-state index in [1.165, 1.54) is 5.56 Å². The molecule has 4 rings (SSSR count). The summed E-state index contributed by atoms with van der Waals surface area (Å²) < 4.78 is 0. The van der Waals surface area contributed by atoms with Crippen molar-refractivity contribution in [1.82, 2.24) is 9.97 Å². The normalized spacial score (nSPS) is 10.8. The van der Waals surface area contributed by atoms with Crippen LogP contribution in [-0.2, 0) is 6.54 Å². The Balaban J connectivity index is 1.77. The average Bonchev–Trinajstić information content (AvgIpc) is 2.72. The van der Waals surface area contributed by atoms with E-state index in [0.29, 0.717) is 10.8 Å². The summed E-state index contributed by atoms with van der Waals surface area (Å²) in [5.74, 6) is 1.54. The van der Waals surface area contributed by atoms with Gasteiger partial charge in [0.25, 0.3) is 0 Å². The fourth-order valence-corrected chi connectivity index (χ4v) is 3.34. The van der Waals surface area contributed by atoms with Crippen LogP contribution in [-0.4, -0.2) is 24.1 Å². The van der Waals surface area contributed by atoms with Gasteiger partial charge in [0.15, 0.2) is 5.82 Å². The number of nitrogens with one attached hydrogen (secondary N) is 1. The fraction of sp³-hybridized carbons (Fsp3) is 0.130.